The first-order valence-corrected chi connectivity index (χ1v) is 8.77. The predicted molar refractivity (Wildman–Crippen MR) is 103 cm³/mol. The Morgan fingerprint density at radius 2 is 2.00 bits per heavy atom. The number of carbonyl (C=O) groups excluding carboxylic acids is 1. The Hall–Kier alpha value is -3.33. The topological polar surface area (TPSA) is 97.8 Å². The number of hydrogen-bond donors (Lipinski definition) is 2. The molecule has 0 aliphatic rings. The SMILES string of the molecule is COc1ccc(/C=N\NC(=O)c2cc(-c3cccs3)[nH]n2)c(OC)c1OC. The highest BCUT2D eigenvalue weighted by Crippen LogP contribution is 2.38. The molecule has 2 heterocycles. The summed E-state index contributed by atoms with van der Waals surface area (Å²) in [7, 11) is 4.58. The van der Waals surface area contributed by atoms with Gasteiger partial charge >= 0.3 is 0 Å². The van der Waals surface area contributed by atoms with Gasteiger partial charge in [0.05, 0.1) is 38.1 Å². The van der Waals surface area contributed by atoms with Crippen LogP contribution in [-0.2, 0) is 0 Å². The largest absolute Gasteiger partial charge is 0.493 e. The second-order valence-corrected chi connectivity index (χ2v) is 6.21. The van der Waals surface area contributed by atoms with Crippen LogP contribution in [0.2, 0.25) is 0 Å². The van der Waals surface area contributed by atoms with E-state index >= 15 is 0 Å². The zero-order valence-corrected chi connectivity index (χ0v) is 15.8. The van der Waals surface area contributed by atoms with Gasteiger partial charge in [0.25, 0.3) is 5.91 Å². The number of carbonyl (C=O) groups is 1. The van der Waals surface area contributed by atoms with Crippen molar-refractivity contribution in [1.82, 2.24) is 15.6 Å². The third-order valence-electron chi connectivity index (χ3n) is 3.70. The molecular formula is C18H18N4O4S. The fourth-order valence-corrected chi connectivity index (χ4v) is 3.13. The molecule has 0 radical (unpaired) electrons. The van der Waals surface area contributed by atoms with E-state index in [9.17, 15) is 4.79 Å². The van der Waals surface area contributed by atoms with Gasteiger partial charge in [-0.3, -0.25) is 9.89 Å². The first-order valence-electron chi connectivity index (χ1n) is 7.89. The van der Waals surface area contributed by atoms with Gasteiger partial charge in [0.15, 0.2) is 17.2 Å². The second kappa shape index (κ2) is 8.37. The maximum atomic E-state index is 12.2. The minimum atomic E-state index is -0.426. The first kappa shape index (κ1) is 18.5. The molecule has 0 saturated heterocycles. The van der Waals surface area contributed by atoms with Gasteiger partial charge in [-0.05, 0) is 29.6 Å². The van der Waals surface area contributed by atoms with Crippen LogP contribution in [-0.4, -0.2) is 43.6 Å². The van der Waals surface area contributed by atoms with E-state index < -0.39 is 5.91 Å². The van der Waals surface area contributed by atoms with Gasteiger partial charge in [0, 0.05) is 5.56 Å². The van der Waals surface area contributed by atoms with Crippen LogP contribution in [0.5, 0.6) is 17.2 Å². The number of nitrogens with one attached hydrogen (secondary N) is 2. The van der Waals surface area contributed by atoms with Crippen molar-refractivity contribution in [1.29, 1.82) is 0 Å². The molecule has 140 valence electrons. The molecule has 1 aromatic carbocycles. The van der Waals surface area contributed by atoms with E-state index in [4.69, 9.17) is 14.2 Å². The van der Waals surface area contributed by atoms with Crippen molar-refractivity contribution < 1.29 is 19.0 Å². The molecule has 1 amide bonds. The minimum Gasteiger partial charge on any atom is -0.493 e. The van der Waals surface area contributed by atoms with E-state index in [-0.39, 0.29) is 5.69 Å². The molecule has 8 nitrogen and oxygen atoms in total. The number of aromatic amines is 1. The van der Waals surface area contributed by atoms with E-state index in [2.05, 4.69) is 20.7 Å². The Balaban J connectivity index is 1.73. The standard InChI is InChI=1S/C18H18N4O4S/c1-24-14-7-6-11(16(25-2)17(14)26-3)10-19-22-18(23)13-9-12(20-21-13)15-5-4-8-27-15/h4-10H,1-3H3,(H,20,21)(H,22,23)/b19-10-. The quantitative estimate of drug-likeness (QED) is 0.481. The Morgan fingerprint density at radius 1 is 1.19 bits per heavy atom. The van der Waals surface area contributed by atoms with E-state index in [0.29, 0.717) is 22.8 Å². The van der Waals surface area contributed by atoms with Gasteiger partial charge in [-0.2, -0.15) is 10.2 Å². The number of H-pyrrole nitrogens is 1. The van der Waals surface area contributed by atoms with Crippen LogP contribution in [0.1, 0.15) is 16.1 Å². The number of hydrazone groups is 1. The molecule has 0 atom stereocenters. The highest BCUT2D eigenvalue weighted by atomic mass is 32.1. The fraction of sp³-hybridized carbons (Fsp3) is 0.167. The molecule has 2 aromatic heterocycles. The summed E-state index contributed by atoms with van der Waals surface area (Å²) in [5, 5.41) is 12.8. The third-order valence-corrected chi connectivity index (χ3v) is 4.60. The molecule has 27 heavy (non-hydrogen) atoms. The summed E-state index contributed by atoms with van der Waals surface area (Å²) >= 11 is 1.56. The van der Waals surface area contributed by atoms with Gasteiger partial charge in [-0.15, -0.1) is 11.3 Å². The number of thiophene rings is 1. The monoisotopic (exact) mass is 386 g/mol. The minimum absolute atomic E-state index is 0.245. The molecule has 3 rings (SSSR count). The molecular weight excluding hydrogens is 368 g/mol. The maximum absolute atomic E-state index is 12.2. The zero-order chi connectivity index (χ0) is 19.2. The van der Waals surface area contributed by atoms with E-state index in [1.165, 1.54) is 20.4 Å². The van der Waals surface area contributed by atoms with Crippen LogP contribution in [0.25, 0.3) is 10.6 Å². The van der Waals surface area contributed by atoms with Gasteiger partial charge in [0.1, 0.15) is 0 Å². The van der Waals surface area contributed by atoms with Gasteiger partial charge in [-0.25, -0.2) is 5.43 Å². The van der Waals surface area contributed by atoms with Crippen molar-refractivity contribution >= 4 is 23.5 Å². The van der Waals surface area contributed by atoms with E-state index in [0.717, 1.165) is 10.6 Å². The maximum Gasteiger partial charge on any atom is 0.291 e. The number of aromatic nitrogens is 2. The zero-order valence-electron chi connectivity index (χ0n) is 15.0. The normalized spacial score (nSPS) is 10.8. The summed E-state index contributed by atoms with van der Waals surface area (Å²) in [4.78, 5) is 13.2. The van der Waals surface area contributed by atoms with E-state index in [1.54, 1.807) is 36.6 Å². The lowest BCUT2D eigenvalue weighted by atomic mass is 10.2. The number of ether oxygens (including phenoxy) is 3. The summed E-state index contributed by atoms with van der Waals surface area (Å²) in [6.07, 6.45) is 1.46. The van der Waals surface area contributed by atoms with Gasteiger partial charge < -0.3 is 14.2 Å². The second-order valence-electron chi connectivity index (χ2n) is 5.27. The van der Waals surface area contributed by atoms with Crippen LogP contribution >= 0.6 is 11.3 Å². The highest BCUT2D eigenvalue weighted by molar-refractivity contribution is 7.13. The number of methoxy groups -OCH3 is 3. The number of amides is 1. The fourth-order valence-electron chi connectivity index (χ4n) is 2.44. The molecule has 0 bridgehead atoms. The van der Waals surface area contributed by atoms with Crippen LogP contribution in [0.4, 0.5) is 0 Å². The molecule has 3 aromatic rings. The first-order chi connectivity index (χ1) is 13.2. The summed E-state index contributed by atoms with van der Waals surface area (Å²) in [5.74, 6) is 1.01. The number of hydrogen-bond acceptors (Lipinski definition) is 7. The molecule has 2 N–H and O–H groups in total. The summed E-state index contributed by atoms with van der Waals surface area (Å²) in [5.41, 5.74) is 4.09. The lowest BCUT2D eigenvalue weighted by Crippen LogP contribution is -2.18. The van der Waals surface area contributed by atoms with Crippen LogP contribution in [0.3, 0.4) is 0 Å². The Morgan fingerprint density at radius 3 is 2.67 bits per heavy atom. The van der Waals surface area contributed by atoms with Crippen molar-refractivity contribution in [3.05, 3.63) is 47.0 Å². The molecule has 9 heteroatoms. The van der Waals surface area contributed by atoms with Gasteiger partial charge in [-0.1, -0.05) is 6.07 Å². The Bertz CT molecular complexity index is 950. The average molecular weight is 386 g/mol. The van der Waals surface area contributed by atoms with Crippen LogP contribution < -0.4 is 19.6 Å². The highest BCUT2D eigenvalue weighted by Gasteiger charge is 2.15. The van der Waals surface area contributed by atoms with Crippen LogP contribution in [0.15, 0.2) is 40.8 Å². The summed E-state index contributed by atoms with van der Waals surface area (Å²) < 4.78 is 15.9. The molecule has 0 spiro atoms. The van der Waals surface area contributed by atoms with Crippen molar-refractivity contribution in [3.8, 4) is 27.8 Å². The number of rotatable bonds is 7. The average Bonchev–Trinajstić information content (AvgIpc) is 3.38. The van der Waals surface area contributed by atoms with Crippen molar-refractivity contribution in [2.45, 2.75) is 0 Å². The third kappa shape index (κ3) is 3.93. The van der Waals surface area contributed by atoms with Crippen molar-refractivity contribution in [3.63, 3.8) is 0 Å². The molecule has 0 saturated carbocycles. The molecule has 0 fully saturated rings. The van der Waals surface area contributed by atoms with Gasteiger partial charge in [0.2, 0.25) is 5.75 Å². The van der Waals surface area contributed by atoms with Crippen molar-refractivity contribution in [2.24, 2.45) is 5.10 Å². The lowest BCUT2D eigenvalue weighted by Gasteiger charge is -2.13. The predicted octanol–water partition coefficient (Wildman–Crippen LogP) is 2.93. The molecule has 0 unspecified atom stereocenters. The number of benzene rings is 1. The lowest BCUT2D eigenvalue weighted by molar-refractivity contribution is 0.0950. The smallest absolute Gasteiger partial charge is 0.291 e. The molecule has 0 aliphatic heterocycles. The molecule has 0 aliphatic carbocycles. The Labute approximate surface area is 159 Å². The van der Waals surface area contributed by atoms with Crippen LogP contribution in [0, 0.1) is 0 Å². The summed E-state index contributed by atoms with van der Waals surface area (Å²) in [6.45, 7) is 0. The summed E-state index contributed by atoms with van der Waals surface area (Å²) in [6, 6.07) is 9.03. The number of nitrogens with zero attached hydrogens (tertiary/aromatic N) is 2. The Kier molecular flexibility index (Phi) is 5.72. The van der Waals surface area contributed by atoms with Crippen molar-refractivity contribution in [2.75, 3.05) is 21.3 Å². The van der Waals surface area contributed by atoms with E-state index in [1.807, 2.05) is 17.5 Å².